The molecule has 0 bridgehead atoms. The number of hydrogen-bond donors (Lipinski definition) is 0. The van der Waals surface area contributed by atoms with Crippen LogP contribution < -0.4 is 9.47 Å². The van der Waals surface area contributed by atoms with Crippen LogP contribution in [0.4, 0.5) is 0 Å². The fourth-order valence-corrected chi connectivity index (χ4v) is 3.44. The summed E-state index contributed by atoms with van der Waals surface area (Å²) < 4.78 is 10.8. The molecule has 0 spiro atoms. The average molecular weight is 353 g/mol. The van der Waals surface area contributed by atoms with Gasteiger partial charge in [-0.1, -0.05) is 6.07 Å². The van der Waals surface area contributed by atoms with E-state index in [0.29, 0.717) is 12.3 Å². The molecule has 6 heteroatoms. The number of fused-ring (bicyclic) bond motifs is 2. The van der Waals surface area contributed by atoms with Crippen molar-refractivity contribution in [2.24, 2.45) is 0 Å². The molecule has 0 atom stereocenters. The molecule has 26 heavy (non-hydrogen) atoms. The summed E-state index contributed by atoms with van der Waals surface area (Å²) in [6.45, 7) is 3.57. The second kappa shape index (κ2) is 7.33. The first-order chi connectivity index (χ1) is 12.7. The summed E-state index contributed by atoms with van der Waals surface area (Å²) in [5.74, 6) is 1.51. The first-order valence-corrected chi connectivity index (χ1v) is 9.01. The molecule has 1 amide bonds. The molecule has 0 aliphatic carbocycles. The van der Waals surface area contributed by atoms with E-state index in [1.807, 2.05) is 35.4 Å². The predicted molar refractivity (Wildman–Crippen MR) is 97.4 cm³/mol. The number of carbonyl (C=O) groups excluding carboxylic acids is 1. The summed E-state index contributed by atoms with van der Waals surface area (Å²) in [6, 6.07) is 9.77. The molecule has 0 radical (unpaired) electrons. The second-order valence-electron chi connectivity index (χ2n) is 6.82. The van der Waals surface area contributed by atoms with Crippen LogP contribution in [-0.4, -0.2) is 54.2 Å². The molecule has 2 aliphatic rings. The van der Waals surface area contributed by atoms with Crippen molar-refractivity contribution in [3.63, 3.8) is 0 Å². The van der Waals surface area contributed by atoms with E-state index in [-0.39, 0.29) is 12.7 Å². The van der Waals surface area contributed by atoms with Gasteiger partial charge < -0.3 is 19.3 Å². The van der Waals surface area contributed by atoms with E-state index in [1.54, 1.807) is 0 Å². The van der Waals surface area contributed by atoms with E-state index in [4.69, 9.17) is 9.47 Å². The molecule has 0 fully saturated rings. The molecule has 136 valence electrons. The summed E-state index contributed by atoms with van der Waals surface area (Å²) in [5, 5.41) is 0. The van der Waals surface area contributed by atoms with Gasteiger partial charge in [-0.25, -0.2) is 0 Å². The summed E-state index contributed by atoms with van der Waals surface area (Å²) in [6.07, 6.45) is 3.72. The van der Waals surface area contributed by atoms with Gasteiger partial charge in [0.1, 0.15) is 0 Å². The van der Waals surface area contributed by atoms with Gasteiger partial charge in [-0.15, -0.1) is 0 Å². The largest absolute Gasteiger partial charge is 0.454 e. The zero-order valence-corrected chi connectivity index (χ0v) is 15.0. The van der Waals surface area contributed by atoms with Crippen molar-refractivity contribution in [1.82, 2.24) is 14.8 Å². The zero-order valence-electron chi connectivity index (χ0n) is 15.0. The van der Waals surface area contributed by atoms with Gasteiger partial charge in [0.2, 0.25) is 6.79 Å². The molecule has 1 aromatic carbocycles. The van der Waals surface area contributed by atoms with E-state index >= 15 is 0 Å². The average Bonchev–Trinajstić information content (AvgIpc) is 3.23. The molecule has 2 aromatic rings. The summed E-state index contributed by atoms with van der Waals surface area (Å²) in [4.78, 5) is 21.1. The van der Waals surface area contributed by atoms with E-state index < -0.39 is 0 Å². The minimum Gasteiger partial charge on any atom is -0.454 e. The topological polar surface area (TPSA) is 54.9 Å². The fourth-order valence-electron chi connectivity index (χ4n) is 3.44. The fraction of sp³-hybridized carbons (Fsp3) is 0.400. The quantitative estimate of drug-likeness (QED) is 0.765. The van der Waals surface area contributed by atoms with Crippen molar-refractivity contribution in [2.75, 3.05) is 33.5 Å². The molecule has 0 N–H and O–H groups in total. The van der Waals surface area contributed by atoms with Gasteiger partial charge in [0.15, 0.2) is 11.5 Å². The molecule has 3 heterocycles. The Morgan fingerprint density at radius 3 is 2.85 bits per heavy atom. The highest BCUT2D eigenvalue weighted by molar-refractivity contribution is 5.99. The van der Waals surface area contributed by atoms with Crippen LogP contribution in [0.3, 0.4) is 0 Å². The van der Waals surface area contributed by atoms with E-state index in [2.05, 4.69) is 23.0 Å². The summed E-state index contributed by atoms with van der Waals surface area (Å²) in [7, 11) is 2.11. The van der Waals surface area contributed by atoms with Crippen LogP contribution in [0.1, 0.15) is 28.0 Å². The van der Waals surface area contributed by atoms with Crippen LogP contribution in [0, 0.1) is 0 Å². The maximum Gasteiger partial charge on any atom is 0.254 e. The maximum atomic E-state index is 12.6. The third-order valence-corrected chi connectivity index (χ3v) is 4.92. The van der Waals surface area contributed by atoms with Crippen molar-refractivity contribution < 1.29 is 14.3 Å². The van der Waals surface area contributed by atoms with Gasteiger partial charge in [0, 0.05) is 43.5 Å². The molecule has 2 aliphatic heterocycles. The molecule has 0 unspecified atom stereocenters. The van der Waals surface area contributed by atoms with Crippen molar-refractivity contribution in [3.05, 3.63) is 53.3 Å². The maximum absolute atomic E-state index is 12.6. The monoisotopic (exact) mass is 353 g/mol. The van der Waals surface area contributed by atoms with Crippen LogP contribution in [0.15, 0.2) is 36.5 Å². The van der Waals surface area contributed by atoms with Gasteiger partial charge in [-0.2, -0.15) is 0 Å². The Kier molecular flexibility index (Phi) is 4.75. The minimum atomic E-state index is 0.0921. The number of hydrogen-bond acceptors (Lipinski definition) is 5. The number of aromatic nitrogens is 1. The van der Waals surface area contributed by atoms with Gasteiger partial charge in [-0.05, 0) is 49.8 Å². The molecule has 1 aromatic heterocycles. The first kappa shape index (κ1) is 16.8. The van der Waals surface area contributed by atoms with Crippen molar-refractivity contribution >= 4 is 5.91 Å². The standard InChI is InChI=1S/C20H23N3O3/c1-22(10-6-16-5-2-3-7-21-16)8-4-9-23-13-15-11-18-19(26-14-25-18)12-17(15)20(23)24/h2-3,5,7,11-12H,4,6,8-10,13-14H2,1H3. The lowest BCUT2D eigenvalue weighted by molar-refractivity contribution is 0.0771. The lowest BCUT2D eigenvalue weighted by atomic mass is 10.1. The molecular formula is C20H23N3O3. The van der Waals surface area contributed by atoms with E-state index in [0.717, 1.165) is 55.0 Å². The van der Waals surface area contributed by atoms with Crippen LogP contribution in [0.25, 0.3) is 0 Å². The SMILES string of the molecule is CN(CCCN1Cc2cc3c(cc2C1=O)OCO3)CCc1ccccn1. The Balaban J connectivity index is 1.24. The Morgan fingerprint density at radius 1 is 1.19 bits per heavy atom. The number of ether oxygens (including phenoxy) is 2. The number of pyridine rings is 1. The molecular weight excluding hydrogens is 330 g/mol. The van der Waals surface area contributed by atoms with Gasteiger partial charge in [-0.3, -0.25) is 9.78 Å². The summed E-state index contributed by atoms with van der Waals surface area (Å²) >= 11 is 0. The van der Waals surface area contributed by atoms with Crippen LogP contribution in [-0.2, 0) is 13.0 Å². The highest BCUT2D eigenvalue weighted by Gasteiger charge is 2.30. The molecule has 0 saturated carbocycles. The number of rotatable bonds is 7. The van der Waals surface area contributed by atoms with Gasteiger partial charge >= 0.3 is 0 Å². The lowest BCUT2D eigenvalue weighted by Gasteiger charge is -2.20. The summed E-state index contributed by atoms with van der Waals surface area (Å²) in [5.41, 5.74) is 2.89. The smallest absolute Gasteiger partial charge is 0.254 e. The van der Waals surface area contributed by atoms with Crippen LogP contribution >= 0.6 is 0 Å². The van der Waals surface area contributed by atoms with E-state index in [9.17, 15) is 4.79 Å². The van der Waals surface area contributed by atoms with Crippen molar-refractivity contribution in [3.8, 4) is 11.5 Å². The zero-order chi connectivity index (χ0) is 17.9. The number of benzene rings is 1. The minimum absolute atomic E-state index is 0.0921. The van der Waals surface area contributed by atoms with Crippen molar-refractivity contribution in [1.29, 1.82) is 0 Å². The first-order valence-electron chi connectivity index (χ1n) is 9.01. The van der Waals surface area contributed by atoms with Crippen molar-refractivity contribution in [2.45, 2.75) is 19.4 Å². The van der Waals surface area contributed by atoms with Gasteiger partial charge in [0.05, 0.1) is 0 Å². The van der Waals surface area contributed by atoms with E-state index in [1.165, 1.54) is 0 Å². The number of likely N-dealkylation sites (N-methyl/N-ethyl adjacent to an activating group) is 1. The third kappa shape index (κ3) is 3.51. The Bertz CT molecular complexity index is 794. The number of carbonyl (C=O) groups is 1. The van der Waals surface area contributed by atoms with Crippen LogP contribution in [0.5, 0.6) is 11.5 Å². The lowest BCUT2D eigenvalue weighted by Crippen LogP contribution is -2.29. The normalized spacial score (nSPS) is 15.0. The number of nitrogens with zero attached hydrogens (tertiary/aromatic N) is 3. The Hall–Kier alpha value is -2.60. The predicted octanol–water partition coefficient (Wildman–Crippen LogP) is 2.33. The highest BCUT2D eigenvalue weighted by Crippen LogP contribution is 2.37. The third-order valence-electron chi connectivity index (χ3n) is 4.92. The Morgan fingerprint density at radius 2 is 2.04 bits per heavy atom. The molecule has 0 saturated heterocycles. The second-order valence-corrected chi connectivity index (χ2v) is 6.82. The molecule has 4 rings (SSSR count). The molecule has 6 nitrogen and oxygen atoms in total. The number of amides is 1. The van der Waals surface area contributed by atoms with Gasteiger partial charge in [0.25, 0.3) is 5.91 Å². The van der Waals surface area contributed by atoms with Crippen LogP contribution in [0.2, 0.25) is 0 Å². The Labute approximate surface area is 153 Å². The highest BCUT2D eigenvalue weighted by atomic mass is 16.7.